The zero-order valence-electron chi connectivity index (χ0n) is 13.1. The van der Waals surface area contributed by atoms with Gasteiger partial charge in [0.2, 0.25) is 0 Å². The number of nitrogens with two attached hydrogens (primary N) is 1. The fraction of sp³-hybridized carbons (Fsp3) is 0.412. The number of nitrogens with one attached hydrogen (secondary N) is 1. The lowest BCUT2D eigenvalue weighted by atomic mass is 9.91. The number of carbonyl (C=O) groups excluding carboxylic acids is 1. The number of hydrogen-bond acceptors (Lipinski definition) is 3. The number of benzene rings is 1. The van der Waals surface area contributed by atoms with E-state index in [4.69, 9.17) is 17.3 Å². The van der Waals surface area contributed by atoms with Crippen molar-refractivity contribution < 1.29 is 4.79 Å². The van der Waals surface area contributed by atoms with Crippen molar-refractivity contribution in [3.05, 3.63) is 41.0 Å². The molecule has 0 unspecified atom stereocenters. The van der Waals surface area contributed by atoms with Crippen molar-refractivity contribution in [3.63, 3.8) is 0 Å². The average Bonchev–Trinajstić information content (AvgIpc) is 3.04. The molecule has 5 nitrogen and oxygen atoms in total. The molecule has 2 atom stereocenters. The summed E-state index contributed by atoms with van der Waals surface area (Å²) in [6.07, 6.45) is 3.66. The lowest BCUT2D eigenvalue weighted by Gasteiger charge is -2.34. The summed E-state index contributed by atoms with van der Waals surface area (Å²) in [6.45, 7) is 3.48. The van der Waals surface area contributed by atoms with Crippen molar-refractivity contribution in [1.82, 2.24) is 15.1 Å². The zero-order chi connectivity index (χ0) is 16.4. The van der Waals surface area contributed by atoms with Crippen LogP contribution in [0.25, 0.3) is 11.3 Å². The second-order valence-electron chi connectivity index (χ2n) is 6.18. The maximum Gasteiger partial charge on any atom is 0.257 e. The molecule has 0 aliphatic carbocycles. The van der Waals surface area contributed by atoms with E-state index in [1.54, 1.807) is 12.3 Å². The number of rotatable bonds is 3. The summed E-state index contributed by atoms with van der Waals surface area (Å²) in [5.74, 6) is 0.355. The summed E-state index contributed by atoms with van der Waals surface area (Å²) in [5.41, 5.74) is 8.16. The number of likely N-dealkylation sites (tertiary alicyclic amines) is 1. The summed E-state index contributed by atoms with van der Waals surface area (Å²) < 4.78 is 0. The highest BCUT2D eigenvalue weighted by Gasteiger charge is 2.28. The molecule has 1 saturated heterocycles. The van der Waals surface area contributed by atoms with Gasteiger partial charge in [0.1, 0.15) is 0 Å². The molecule has 3 N–H and O–H groups in total. The number of aromatic nitrogens is 2. The highest BCUT2D eigenvalue weighted by Crippen LogP contribution is 2.27. The van der Waals surface area contributed by atoms with E-state index in [1.165, 1.54) is 0 Å². The van der Waals surface area contributed by atoms with Crippen molar-refractivity contribution in [3.8, 4) is 11.3 Å². The Kier molecular flexibility index (Phi) is 4.68. The van der Waals surface area contributed by atoms with Gasteiger partial charge in [-0.05, 0) is 37.8 Å². The molecule has 0 bridgehead atoms. The van der Waals surface area contributed by atoms with E-state index in [0.29, 0.717) is 28.7 Å². The van der Waals surface area contributed by atoms with E-state index in [1.807, 2.05) is 30.0 Å². The first-order valence-corrected chi connectivity index (χ1v) is 8.28. The van der Waals surface area contributed by atoms with Gasteiger partial charge < -0.3 is 10.6 Å². The van der Waals surface area contributed by atoms with Gasteiger partial charge in [-0.15, -0.1) is 0 Å². The summed E-state index contributed by atoms with van der Waals surface area (Å²) in [7, 11) is 0. The molecule has 1 fully saturated rings. The van der Waals surface area contributed by atoms with Crippen molar-refractivity contribution >= 4 is 17.5 Å². The van der Waals surface area contributed by atoms with Crippen LogP contribution < -0.4 is 5.73 Å². The van der Waals surface area contributed by atoms with Gasteiger partial charge in [0.25, 0.3) is 5.91 Å². The Morgan fingerprint density at radius 2 is 2.35 bits per heavy atom. The second kappa shape index (κ2) is 6.72. The van der Waals surface area contributed by atoms with Crippen LogP contribution in [0.1, 0.15) is 30.1 Å². The number of carbonyl (C=O) groups is 1. The summed E-state index contributed by atoms with van der Waals surface area (Å²) in [5, 5.41) is 7.61. The van der Waals surface area contributed by atoms with Gasteiger partial charge in [-0.1, -0.05) is 23.7 Å². The lowest BCUT2D eigenvalue weighted by molar-refractivity contribution is 0.0662. The number of amides is 1. The number of piperidine rings is 1. The van der Waals surface area contributed by atoms with Gasteiger partial charge >= 0.3 is 0 Å². The first-order chi connectivity index (χ1) is 11.1. The predicted molar refractivity (Wildman–Crippen MR) is 91.3 cm³/mol. The summed E-state index contributed by atoms with van der Waals surface area (Å²) in [6, 6.07) is 7.51. The fourth-order valence-electron chi connectivity index (χ4n) is 3.11. The van der Waals surface area contributed by atoms with Crippen LogP contribution in [0.4, 0.5) is 0 Å². The first kappa shape index (κ1) is 16.0. The largest absolute Gasteiger partial charge is 0.338 e. The minimum atomic E-state index is -0.000856. The molecule has 6 heteroatoms. The Bertz CT molecular complexity index is 697. The third kappa shape index (κ3) is 3.41. The Labute approximate surface area is 140 Å². The Morgan fingerprint density at radius 1 is 1.52 bits per heavy atom. The molecule has 1 aromatic heterocycles. The Balaban J connectivity index is 1.85. The highest BCUT2D eigenvalue weighted by atomic mass is 35.5. The van der Waals surface area contributed by atoms with Crippen molar-refractivity contribution in [2.75, 3.05) is 13.1 Å². The standard InChI is InChI=1S/C17H21ClN4O/c1-11(19)13-5-3-7-22(10-13)17(23)15-9-20-21-16(15)12-4-2-6-14(18)8-12/h2,4,6,8-9,11,13H,3,5,7,10,19H2,1H3,(H,20,21)/t11-,13-/m1/s1. The Morgan fingerprint density at radius 3 is 3.09 bits per heavy atom. The molecule has 1 amide bonds. The molecule has 1 aliphatic rings. The first-order valence-electron chi connectivity index (χ1n) is 7.90. The zero-order valence-corrected chi connectivity index (χ0v) is 13.9. The number of aromatic amines is 1. The number of H-pyrrole nitrogens is 1. The van der Waals surface area contributed by atoms with Crippen LogP contribution in [-0.2, 0) is 0 Å². The van der Waals surface area contributed by atoms with Gasteiger partial charge in [-0.2, -0.15) is 5.10 Å². The van der Waals surface area contributed by atoms with Crippen LogP contribution in [-0.4, -0.2) is 40.1 Å². The molecule has 1 aromatic carbocycles. The lowest BCUT2D eigenvalue weighted by Crippen LogP contribution is -2.45. The number of halogens is 1. The minimum Gasteiger partial charge on any atom is -0.338 e. The van der Waals surface area contributed by atoms with E-state index in [9.17, 15) is 4.79 Å². The number of hydrogen-bond donors (Lipinski definition) is 2. The van der Waals surface area contributed by atoms with Crippen LogP contribution in [0, 0.1) is 5.92 Å². The maximum atomic E-state index is 12.9. The SMILES string of the molecule is C[C@@H](N)[C@@H]1CCCN(C(=O)c2cn[nH]c2-c2cccc(Cl)c2)C1. The molecule has 0 radical (unpaired) electrons. The third-order valence-corrected chi connectivity index (χ3v) is 4.71. The fourth-order valence-corrected chi connectivity index (χ4v) is 3.30. The molecular formula is C17H21ClN4O. The molecular weight excluding hydrogens is 312 g/mol. The molecule has 122 valence electrons. The average molecular weight is 333 g/mol. The molecule has 2 aromatic rings. The Hall–Kier alpha value is -1.85. The highest BCUT2D eigenvalue weighted by molar-refractivity contribution is 6.30. The molecule has 23 heavy (non-hydrogen) atoms. The van der Waals surface area contributed by atoms with Gasteiger partial charge in [-0.3, -0.25) is 9.89 Å². The maximum absolute atomic E-state index is 12.9. The van der Waals surface area contributed by atoms with Gasteiger partial charge in [-0.25, -0.2) is 0 Å². The van der Waals surface area contributed by atoms with E-state index in [-0.39, 0.29) is 11.9 Å². The molecule has 0 spiro atoms. The topological polar surface area (TPSA) is 75.0 Å². The van der Waals surface area contributed by atoms with Gasteiger partial charge in [0, 0.05) is 29.7 Å². The van der Waals surface area contributed by atoms with Crippen molar-refractivity contribution in [2.45, 2.75) is 25.8 Å². The van der Waals surface area contributed by atoms with E-state index in [0.717, 1.165) is 24.9 Å². The van der Waals surface area contributed by atoms with E-state index >= 15 is 0 Å². The summed E-state index contributed by atoms with van der Waals surface area (Å²) >= 11 is 6.05. The number of nitrogens with zero attached hydrogens (tertiary/aromatic N) is 2. The quantitative estimate of drug-likeness (QED) is 0.907. The smallest absolute Gasteiger partial charge is 0.257 e. The van der Waals surface area contributed by atoms with Crippen LogP contribution in [0.15, 0.2) is 30.5 Å². The van der Waals surface area contributed by atoms with E-state index < -0.39 is 0 Å². The predicted octanol–water partition coefficient (Wildman–Crippen LogP) is 2.93. The molecule has 2 heterocycles. The normalized spacial score (nSPS) is 19.6. The summed E-state index contributed by atoms with van der Waals surface area (Å²) in [4.78, 5) is 14.8. The van der Waals surface area contributed by atoms with Crippen molar-refractivity contribution in [1.29, 1.82) is 0 Å². The van der Waals surface area contributed by atoms with Crippen LogP contribution >= 0.6 is 11.6 Å². The molecule has 3 rings (SSSR count). The second-order valence-corrected chi connectivity index (χ2v) is 6.62. The molecule has 1 aliphatic heterocycles. The van der Waals surface area contributed by atoms with Crippen molar-refractivity contribution in [2.24, 2.45) is 11.7 Å². The van der Waals surface area contributed by atoms with Gasteiger partial charge in [0.15, 0.2) is 0 Å². The monoisotopic (exact) mass is 332 g/mol. The van der Waals surface area contributed by atoms with E-state index in [2.05, 4.69) is 10.2 Å². The minimum absolute atomic E-state index is 0.000856. The molecule has 0 saturated carbocycles. The third-order valence-electron chi connectivity index (χ3n) is 4.47. The van der Waals surface area contributed by atoms with Crippen LogP contribution in [0.3, 0.4) is 0 Å². The van der Waals surface area contributed by atoms with Crippen LogP contribution in [0.5, 0.6) is 0 Å². The van der Waals surface area contributed by atoms with Crippen LogP contribution in [0.2, 0.25) is 5.02 Å². The van der Waals surface area contributed by atoms with Gasteiger partial charge in [0.05, 0.1) is 17.5 Å².